The Balaban J connectivity index is 1.46. The number of carbonyl (C=O) groups is 1. The Morgan fingerprint density at radius 3 is 2.58 bits per heavy atom. The zero-order chi connectivity index (χ0) is 18.2. The maximum atomic E-state index is 12.2. The zero-order valence-corrected chi connectivity index (χ0v) is 15.5. The Hall–Kier alpha value is -2.73. The monoisotopic (exact) mass is 366 g/mol. The van der Waals surface area contributed by atoms with Gasteiger partial charge in [0.05, 0.1) is 0 Å². The molecule has 6 heteroatoms. The van der Waals surface area contributed by atoms with Crippen molar-refractivity contribution in [3.63, 3.8) is 0 Å². The molecule has 0 saturated heterocycles. The third-order valence-electron chi connectivity index (χ3n) is 3.94. The molecule has 0 aliphatic rings. The highest BCUT2D eigenvalue weighted by molar-refractivity contribution is 7.98. The number of para-hydroxylation sites is 1. The molecule has 2 N–H and O–H groups in total. The minimum Gasteiger partial charge on any atom is -0.385 e. The summed E-state index contributed by atoms with van der Waals surface area (Å²) in [5, 5.41) is 7.21. The number of hydrogen-bond donors (Lipinski definition) is 2. The van der Waals surface area contributed by atoms with Crippen LogP contribution in [0.1, 0.15) is 16.8 Å². The van der Waals surface area contributed by atoms with E-state index in [0.29, 0.717) is 12.1 Å². The SMILES string of the molecule is CSc1nccn1-c1ccc(C(=O)NCCCNc2ccccc2)cc1. The lowest BCUT2D eigenvalue weighted by atomic mass is 10.2. The van der Waals surface area contributed by atoms with E-state index < -0.39 is 0 Å². The summed E-state index contributed by atoms with van der Waals surface area (Å²) >= 11 is 1.59. The fourth-order valence-corrected chi connectivity index (χ4v) is 3.12. The molecule has 3 rings (SSSR count). The van der Waals surface area contributed by atoms with E-state index in [-0.39, 0.29) is 5.91 Å². The highest BCUT2D eigenvalue weighted by Crippen LogP contribution is 2.18. The topological polar surface area (TPSA) is 59.0 Å². The van der Waals surface area contributed by atoms with Crippen molar-refractivity contribution in [3.05, 3.63) is 72.6 Å². The standard InChI is InChI=1S/C20H22N4OS/c1-26-20-23-14-15-24(20)18-10-8-16(9-11-18)19(25)22-13-5-12-21-17-6-3-2-4-7-17/h2-4,6-11,14-15,21H,5,12-13H2,1H3,(H,22,25). The summed E-state index contributed by atoms with van der Waals surface area (Å²) in [6.45, 7) is 1.46. The van der Waals surface area contributed by atoms with Crippen LogP contribution in [0.5, 0.6) is 0 Å². The minimum absolute atomic E-state index is 0.0491. The van der Waals surface area contributed by atoms with Gasteiger partial charge in [-0.3, -0.25) is 9.36 Å². The van der Waals surface area contributed by atoms with Crippen LogP contribution in [0, 0.1) is 0 Å². The molecular weight excluding hydrogens is 344 g/mol. The first-order chi connectivity index (χ1) is 12.8. The van der Waals surface area contributed by atoms with E-state index >= 15 is 0 Å². The molecule has 5 nitrogen and oxygen atoms in total. The third-order valence-corrected chi connectivity index (χ3v) is 4.61. The lowest BCUT2D eigenvalue weighted by Crippen LogP contribution is -2.25. The van der Waals surface area contributed by atoms with Crippen LogP contribution in [0.25, 0.3) is 5.69 Å². The van der Waals surface area contributed by atoms with Crippen LogP contribution >= 0.6 is 11.8 Å². The van der Waals surface area contributed by atoms with Gasteiger partial charge in [-0.1, -0.05) is 30.0 Å². The predicted octanol–water partition coefficient (Wildman–Crippen LogP) is 3.83. The average Bonchev–Trinajstić information content (AvgIpc) is 3.17. The highest BCUT2D eigenvalue weighted by atomic mass is 32.2. The predicted molar refractivity (Wildman–Crippen MR) is 107 cm³/mol. The molecule has 0 aliphatic carbocycles. The number of amides is 1. The van der Waals surface area contributed by atoms with Crippen LogP contribution in [0.4, 0.5) is 5.69 Å². The Labute approximate surface area is 157 Å². The summed E-state index contributed by atoms with van der Waals surface area (Å²) in [7, 11) is 0. The Morgan fingerprint density at radius 1 is 1.08 bits per heavy atom. The van der Waals surface area contributed by atoms with Gasteiger partial charge in [0, 0.05) is 42.4 Å². The van der Waals surface area contributed by atoms with Crippen molar-refractivity contribution in [2.45, 2.75) is 11.6 Å². The summed E-state index contributed by atoms with van der Waals surface area (Å²) in [5.41, 5.74) is 2.75. The lowest BCUT2D eigenvalue weighted by molar-refractivity contribution is 0.0953. The molecule has 3 aromatic rings. The molecule has 0 unspecified atom stereocenters. The van der Waals surface area contributed by atoms with E-state index in [1.165, 1.54) is 0 Å². The highest BCUT2D eigenvalue weighted by Gasteiger charge is 2.07. The van der Waals surface area contributed by atoms with Crippen LogP contribution in [-0.2, 0) is 0 Å². The second kappa shape index (κ2) is 9.10. The van der Waals surface area contributed by atoms with Gasteiger partial charge in [0.15, 0.2) is 5.16 Å². The van der Waals surface area contributed by atoms with E-state index in [0.717, 1.165) is 29.5 Å². The van der Waals surface area contributed by atoms with Crippen molar-refractivity contribution < 1.29 is 4.79 Å². The van der Waals surface area contributed by atoms with Crippen molar-refractivity contribution in [1.29, 1.82) is 0 Å². The zero-order valence-electron chi connectivity index (χ0n) is 14.7. The minimum atomic E-state index is -0.0491. The Bertz CT molecular complexity index is 831. The van der Waals surface area contributed by atoms with Crippen molar-refractivity contribution in [2.75, 3.05) is 24.7 Å². The number of rotatable bonds is 8. The maximum Gasteiger partial charge on any atom is 0.251 e. The van der Waals surface area contributed by atoms with Crippen LogP contribution in [0.3, 0.4) is 0 Å². The van der Waals surface area contributed by atoms with Gasteiger partial charge >= 0.3 is 0 Å². The number of nitrogens with zero attached hydrogens (tertiary/aromatic N) is 2. The van der Waals surface area contributed by atoms with Crippen LogP contribution in [0.2, 0.25) is 0 Å². The molecule has 26 heavy (non-hydrogen) atoms. The van der Waals surface area contributed by atoms with Crippen LogP contribution < -0.4 is 10.6 Å². The smallest absolute Gasteiger partial charge is 0.251 e. The Kier molecular flexibility index (Phi) is 6.33. The van der Waals surface area contributed by atoms with E-state index in [1.54, 1.807) is 18.0 Å². The number of aromatic nitrogens is 2. The summed E-state index contributed by atoms with van der Waals surface area (Å²) in [6.07, 6.45) is 6.55. The molecule has 0 saturated carbocycles. The fourth-order valence-electron chi connectivity index (χ4n) is 2.59. The quantitative estimate of drug-likeness (QED) is 0.470. The Morgan fingerprint density at radius 2 is 1.85 bits per heavy atom. The molecule has 0 fully saturated rings. The molecule has 134 valence electrons. The van der Waals surface area contributed by atoms with Crippen molar-refractivity contribution in [1.82, 2.24) is 14.9 Å². The maximum absolute atomic E-state index is 12.2. The molecule has 0 radical (unpaired) electrons. The molecule has 0 bridgehead atoms. The second-order valence-corrected chi connectivity index (χ2v) is 6.51. The molecular formula is C20H22N4OS. The van der Waals surface area contributed by atoms with E-state index in [9.17, 15) is 4.79 Å². The van der Waals surface area contributed by atoms with Gasteiger partial charge in [-0.05, 0) is 49.1 Å². The van der Waals surface area contributed by atoms with Crippen molar-refractivity contribution in [3.8, 4) is 5.69 Å². The number of imidazole rings is 1. The molecule has 1 amide bonds. The van der Waals surface area contributed by atoms with Gasteiger partial charge in [0.2, 0.25) is 0 Å². The van der Waals surface area contributed by atoms with Gasteiger partial charge in [-0.15, -0.1) is 0 Å². The second-order valence-electron chi connectivity index (χ2n) is 5.73. The molecule has 1 aromatic heterocycles. The van der Waals surface area contributed by atoms with E-state index in [1.807, 2.05) is 71.6 Å². The molecule has 0 aliphatic heterocycles. The molecule has 2 aromatic carbocycles. The number of thioether (sulfide) groups is 1. The molecule has 1 heterocycles. The van der Waals surface area contributed by atoms with Gasteiger partial charge in [0.25, 0.3) is 5.91 Å². The first kappa shape index (κ1) is 18.1. The van der Waals surface area contributed by atoms with Crippen molar-refractivity contribution >= 4 is 23.4 Å². The van der Waals surface area contributed by atoms with E-state index in [2.05, 4.69) is 15.6 Å². The largest absolute Gasteiger partial charge is 0.385 e. The summed E-state index contributed by atoms with van der Waals surface area (Å²) in [5.74, 6) is -0.0491. The first-order valence-electron chi connectivity index (χ1n) is 8.53. The molecule has 0 atom stereocenters. The lowest BCUT2D eigenvalue weighted by Gasteiger charge is -2.09. The third kappa shape index (κ3) is 4.67. The fraction of sp³-hybridized carbons (Fsp3) is 0.200. The van der Waals surface area contributed by atoms with E-state index in [4.69, 9.17) is 0 Å². The van der Waals surface area contributed by atoms with Gasteiger partial charge in [-0.2, -0.15) is 0 Å². The number of hydrogen-bond acceptors (Lipinski definition) is 4. The van der Waals surface area contributed by atoms with Crippen LogP contribution in [-0.4, -0.2) is 34.8 Å². The van der Waals surface area contributed by atoms with Crippen molar-refractivity contribution in [2.24, 2.45) is 0 Å². The normalized spacial score (nSPS) is 10.5. The number of carbonyl (C=O) groups excluding carboxylic acids is 1. The first-order valence-corrected chi connectivity index (χ1v) is 9.75. The van der Waals surface area contributed by atoms with Gasteiger partial charge in [-0.25, -0.2) is 4.98 Å². The molecule has 0 spiro atoms. The summed E-state index contributed by atoms with van der Waals surface area (Å²) in [6, 6.07) is 17.6. The van der Waals surface area contributed by atoms with Crippen LogP contribution in [0.15, 0.2) is 72.1 Å². The summed E-state index contributed by atoms with van der Waals surface area (Å²) < 4.78 is 2.00. The number of anilines is 1. The summed E-state index contributed by atoms with van der Waals surface area (Å²) in [4.78, 5) is 16.5. The van der Waals surface area contributed by atoms with Gasteiger partial charge in [0.1, 0.15) is 0 Å². The number of benzene rings is 2. The number of nitrogens with one attached hydrogen (secondary N) is 2. The average molecular weight is 366 g/mol. The van der Waals surface area contributed by atoms with Gasteiger partial charge < -0.3 is 10.6 Å².